The summed E-state index contributed by atoms with van der Waals surface area (Å²) in [6, 6.07) is 0. The molecule has 0 aromatic rings. The molecule has 0 radical (unpaired) electrons. The van der Waals surface area contributed by atoms with Crippen LogP contribution in [0.1, 0.15) is 19.3 Å². The van der Waals surface area contributed by atoms with Gasteiger partial charge in [0.05, 0.1) is 0 Å². The average Bonchev–Trinajstić information content (AvgIpc) is 1.79. The van der Waals surface area contributed by atoms with Crippen LogP contribution in [0.25, 0.3) is 0 Å². The van der Waals surface area contributed by atoms with E-state index in [0.29, 0.717) is 6.42 Å². The molecule has 9 heavy (non-hydrogen) atoms. The molecule has 0 heterocycles. The van der Waals surface area contributed by atoms with Crippen LogP contribution in [0.5, 0.6) is 0 Å². The Labute approximate surface area is 55.1 Å². The van der Waals surface area contributed by atoms with Crippen LogP contribution in [-0.2, 0) is 4.79 Å². The molecule has 0 bridgehead atoms. The fraction of sp³-hybridized carbons (Fsp3) is 0.375. The van der Waals surface area contributed by atoms with Crippen LogP contribution in [0.3, 0.4) is 0 Å². The molecule has 0 saturated carbocycles. The first kappa shape index (κ1) is 6.27. The highest BCUT2D eigenvalue weighted by molar-refractivity contribution is 5.90. The first-order chi connectivity index (χ1) is 4.39. The largest absolute Gasteiger partial charge is 0.295 e. The second-order valence-corrected chi connectivity index (χ2v) is 2.12. The molecule has 0 aromatic heterocycles. The van der Waals surface area contributed by atoms with E-state index in [0.717, 1.165) is 12.8 Å². The van der Waals surface area contributed by atoms with E-state index < -0.39 is 0 Å². The number of allylic oxidation sites excluding steroid dienone is 4. The van der Waals surface area contributed by atoms with Gasteiger partial charge in [0.2, 0.25) is 0 Å². The van der Waals surface area contributed by atoms with E-state index in [1.807, 2.05) is 12.2 Å². The van der Waals surface area contributed by atoms with Crippen LogP contribution < -0.4 is 0 Å². The Balaban J connectivity index is 2.50. The van der Waals surface area contributed by atoms with Gasteiger partial charge in [0, 0.05) is 6.42 Å². The first-order valence-electron chi connectivity index (χ1n) is 3.24. The van der Waals surface area contributed by atoms with Crippen LogP contribution in [0.2, 0.25) is 0 Å². The van der Waals surface area contributed by atoms with Crippen LogP contribution in [0.4, 0.5) is 0 Å². The predicted molar refractivity (Wildman–Crippen MR) is 37.1 cm³/mol. The molecule has 1 heteroatoms. The summed E-state index contributed by atoms with van der Waals surface area (Å²) in [5.41, 5.74) is 0. The van der Waals surface area contributed by atoms with E-state index in [2.05, 4.69) is 6.08 Å². The number of rotatable bonds is 0. The van der Waals surface area contributed by atoms with Crippen LogP contribution in [0.15, 0.2) is 24.3 Å². The Morgan fingerprint density at radius 1 is 1.11 bits per heavy atom. The molecule has 0 saturated heterocycles. The van der Waals surface area contributed by atoms with E-state index in [-0.39, 0.29) is 5.78 Å². The van der Waals surface area contributed by atoms with E-state index in [1.165, 1.54) is 0 Å². The number of ketones is 1. The second-order valence-electron chi connectivity index (χ2n) is 2.12. The predicted octanol–water partition coefficient (Wildman–Crippen LogP) is 1.85. The van der Waals surface area contributed by atoms with Gasteiger partial charge in [-0.15, -0.1) is 0 Å². The second kappa shape index (κ2) is 3.23. The molecule has 0 N–H and O–H groups in total. The van der Waals surface area contributed by atoms with Crippen molar-refractivity contribution in [1.29, 1.82) is 0 Å². The van der Waals surface area contributed by atoms with Crippen molar-refractivity contribution in [2.45, 2.75) is 19.3 Å². The lowest BCUT2D eigenvalue weighted by Gasteiger charge is -1.92. The zero-order valence-corrected chi connectivity index (χ0v) is 5.34. The van der Waals surface area contributed by atoms with Crippen molar-refractivity contribution < 1.29 is 4.79 Å². The Bertz CT molecular complexity index is 154. The number of carbonyl (C=O) groups is 1. The average molecular weight is 122 g/mol. The van der Waals surface area contributed by atoms with Gasteiger partial charge in [-0.25, -0.2) is 0 Å². The highest BCUT2D eigenvalue weighted by Gasteiger charge is 1.92. The molecule has 0 amide bonds. The molecule has 0 atom stereocenters. The Hall–Kier alpha value is -0.850. The lowest BCUT2D eigenvalue weighted by atomic mass is 10.1. The van der Waals surface area contributed by atoms with Crippen LogP contribution >= 0.6 is 0 Å². The summed E-state index contributed by atoms with van der Waals surface area (Å²) in [6.07, 6.45) is 10.3. The number of hydrogen-bond donors (Lipinski definition) is 0. The van der Waals surface area contributed by atoms with E-state index in [1.54, 1.807) is 6.08 Å². The van der Waals surface area contributed by atoms with Gasteiger partial charge in [-0.05, 0) is 18.9 Å². The SMILES string of the molecule is O=C1/C=C\CC/C=C\C1. The fourth-order valence-electron chi connectivity index (χ4n) is 0.793. The summed E-state index contributed by atoms with van der Waals surface area (Å²) in [6.45, 7) is 0. The highest BCUT2D eigenvalue weighted by Crippen LogP contribution is 2.00. The van der Waals surface area contributed by atoms with Crippen LogP contribution in [0, 0.1) is 0 Å². The lowest BCUT2D eigenvalue weighted by Crippen LogP contribution is -1.90. The monoisotopic (exact) mass is 122 g/mol. The third-order valence-corrected chi connectivity index (χ3v) is 1.29. The highest BCUT2D eigenvalue weighted by atomic mass is 16.1. The summed E-state index contributed by atoms with van der Waals surface area (Å²) in [7, 11) is 0. The standard InChI is InChI=1S/C8H10O/c9-8-6-4-2-1-3-5-7-8/h2,4-5,7H,1,3,6H2/b4-2-,7-5-. The minimum absolute atomic E-state index is 0.214. The molecule has 0 fully saturated rings. The zero-order chi connectivity index (χ0) is 6.53. The van der Waals surface area contributed by atoms with E-state index >= 15 is 0 Å². The fourth-order valence-corrected chi connectivity index (χ4v) is 0.793. The maximum absolute atomic E-state index is 10.7. The van der Waals surface area contributed by atoms with Crippen molar-refractivity contribution in [2.75, 3.05) is 0 Å². The molecule has 0 aliphatic heterocycles. The number of carbonyl (C=O) groups excluding carboxylic acids is 1. The van der Waals surface area contributed by atoms with Gasteiger partial charge in [-0.1, -0.05) is 18.2 Å². The summed E-state index contributed by atoms with van der Waals surface area (Å²) < 4.78 is 0. The van der Waals surface area contributed by atoms with Crippen molar-refractivity contribution in [1.82, 2.24) is 0 Å². The quantitative estimate of drug-likeness (QED) is 0.448. The summed E-state index contributed by atoms with van der Waals surface area (Å²) in [4.78, 5) is 10.7. The van der Waals surface area contributed by atoms with Gasteiger partial charge in [0.15, 0.2) is 5.78 Å². The maximum atomic E-state index is 10.7. The van der Waals surface area contributed by atoms with Crippen molar-refractivity contribution in [3.8, 4) is 0 Å². The first-order valence-corrected chi connectivity index (χ1v) is 3.24. The third kappa shape index (κ3) is 2.27. The van der Waals surface area contributed by atoms with Crippen molar-refractivity contribution in [3.05, 3.63) is 24.3 Å². The van der Waals surface area contributed by atoms with Gasteiger partial charge >= 0.3 is 0 Å². The normalized spacial score (nSPS) is 26.4. The third-order valence-electron chi connectivity index (χ3n) is 1.29. The Morgan fingerprint density at radius 3 is 2.78 bits per heavy atom. The van der Waals surface area contributed by atoms with Crippen LogP contribution in [-0.4, -0.2) is 5.78 Å². The topological polar surface area (TPSA) is 17.1 Å². The van der Waals surface area contributed by atoms with E-state index in [9.17, 15) is 4.79 Å². The smallest absolute Gasteiger partial charge is 0.159 e. The van der Waals surface area contributed by atoms with Gasteiger partial charge < -0.3 is 0 Å². The molecule has 1 nitrogen and oxygen atoms in total. The molecule has 0 spiro atoms. The molecule has 1 aliphatic rings. The molecule has 1 aliphatic carbocycles. The van der Waals surface area contributed by atoms with Gasteiger partial charge in [0.25, 0.3) is 0 Å². The van der Waals surface area contributed by atoms with Crippen molar-refractivity contribution in [3.63, 3.8) is 0 Å². The van der Waals surface area contributed by atoms with Crippen molar-refractivity contribution in [2.24, 2.45) is 0 Å². The Morgan fingerprint density at radius 2 is 1.89 bits per heavy atom. The molecule has 48 valence electrons. The minimum Gasteiger partial charge on any atom is -0.295 e. The van der Waals surface area contributed by atoms with Gasteiger partial charge in [-0.2, -0.15) is 0 Å². The molecule has 0 aromatic carbocycles. The summed E-state index contributed by atoms with van der Waals surface area (Å²) in [5.74, 6) is 0.214. The zero-order valence-electron chi connectivity index (χ0n) is 5.34. The van der Waals surface area contributed by atoms with Gasteiger partial charge in [0.1, 0.15) is 0 Å². The molecule has 1 rings (SSSR count). The molecule has 0 unspecified atom stereocenters. The Kier molecular flexibility index (Phi) is 2.25. The van der Waals surface area contributed by atoms with Crippen molar-refractivity contribution >= 4 is 5.78 Å². The molecular formula is C8H10O. The van der Waals surface area contributed by atoms with E-state index in [4.69, 9.17) is 0 Å². The summed E-state index contributed by atoms with van der Waals surface area (Å²) in [5, 5.41) is 0. The minimum atomic E-state index is 0.214. The summed E-state index contributed by atoms with van der Waals surface area (Å²) >= 11 is 0. The van der Waals surface area contributed by atoms with Gasteiger partial charge in [-0.3, -0.25) is 4.79 Å². The molecular weight excluding hydrogens is 112 g/mol. The maximum Gasteiger partial charge on any atom is 0.159 e. The number of hydrogen-bond acceptors (Lipinski definition) is 1. The lowest BCUT2D eigenvalue weighted by molar-refractivity contribution is -0.113.